The maximum absolute atomic E-state index is 4.96. The van der Waals surface area contributed by atoms with E-state index in [9.17, 15) is 0 Å². The van der Waals surface area contributed by atoms with Gasteiger partial charge in [-0.3, -0.25) is 0 Å². The largest absolute Gasteiger partial charge is 0.306 e. The van der Waals surface area contributed by atoms with Gasteiger partial charge in [0.2, 0.25) is 0 Å². The summed E-state index contributed by atoms with van der Waals surface area (Å²) in [5.74, 6) is 0. The number of nitrogens with zero attached hydrogens (tertiary/aromatic N) is 2. The van der Waals surface area contributed by atoms with E-state index >= 15 is 0 Å². The smallest absolute Gasteiger partial charge is 0.0950 e. The summed E-state index contributed by atoms with van der Waals surface area (Å²) in [5.41, 5.74) is 6.62. The Morgan fingerprint density at radius 2 is 1.42 bits per heavy atom. The Bertz CT molecular complexity index is 1200. The van der Waals surface area contributed by atoms with E-state index < -0.39 is 0 Å². The van der Waals surface area contributed by atoms with Crippen molar-refractivity contribution < 1.29 is 0 Å². The minimum atomic E-state index is 1.00. The van der Waals surface area contributed by atoms with Crippen LogP contribution in [-0.4, -0.2) is 9.38 Å². The maximum Gasteiger partial charge on any atom is 0.0950 e. The summed E-state index contributed by atoms with van der Waals surface area (Å²) in [6.07, 6.45) is 0. The zero-order valence-corrected chi connectivity index (χ0v) is 14.4. The Balaban J connectivity index is 2.00. The van der Waals surface area contributed by atoms with E-state index in [-0.39, 0.29) is 0 Å². The molecule has 0 amide bonds. The van der Waals surface area contributed by atoms with E-state index in [4.69, 9.17) is 4.98 Å². The minimum absolute atomic E-state index is 1.00. The molecule has 2 nitrogen and oxygen atoms in total. The average Bonchev–Trinajstić information content (AvgIpc) is 3.02. The van der Waals surface area contributed by atoms with Gasteiger partial charge in [-0.2, -0.15) is 0 Å². The van der Waals surface area contributed by atoms with Gasteiger partial charge in [-0.1, -0.05) is 58.4 Å². The molecule has 3 aromatic carbocycles. The van der Waals surface area contributed by atoms with Crippen molar-refractivity contribution in [3.63, 3.8) is 0 Å². The molecule has 114 valence electrons. The van der Waals surface area contributed by atoms with Crippen LogP contribution in [0.2, 0.25) is 0 Å². The van der Waals surface area contributed by atoms with Crippen LogP contribution in [0.4, 0.5) is 0 Å². The van der Waals surface area contributed by atoms with Gasteiger partial charge >= 0.3 is 0 Å². The van der Waals surface area contributed by atoms with E-state index in [0.29, 0.717) is 0 Å². The van der Waals surface area contributed by atoms with E-state index in [1.54, 1.807) is 0 Å². The number of fused-ring (bicyclic) bond motifs is 5. The Labute approximate surface area is 147 Å². The fraction of sp³-hybridized carbons (Fsp3) is 0. The molecular weight excluding hydrogens is 360 g/mol. The third-order valence-corrected chi connectivity index (χ3v) is 4.95. The molecule has 5 aromatic rings. The standard InChI is InChI=1S/C21H13BrN2/c22-16-11-9-14(10-12-16)21-20-13-15-5-1-3-7-18(15)24(20)19-8-4-2-6-17(19)23-21/h1-13H. The van der Waals surface area contributed by atoms with Gasteiger partial charge in [0.15, 0.2) is 0 Å². The molecule has 0 atom stereocenters. The molecule has 0 aliphatic heterocycles. The summed E-state index contributed by atoms with van der Waals surface area (Å²) in [6, 6.07) is 27.4. The Morgan fingerprint density at radius 1 is 0.708 bits per heavy atom. The molecule has 0 N–H and O–H groups in total. The number of para-hydroxylation sites is 3. The molecule has 0 aliphatic rings. The van der Waals surface area contributed by atoms with Gasteiger partial charge in [-0.05, 0) is 36.4 Å². The fourth-order valence-electron chi connectivity index (χ4n) is 3.33. The summed E-state index contributed by atoms with van der Waals surface area (Å²) >= 11 is 3.51. The summed E-state index contributed by atoms with van der Waals surface area (Å²) in [7, 11) is 0. The summed E-state index contributed by atoms with van der Waals surface area (Å²) in [6.45, 7) is 0. The first-order chi connectivity index (χ1) is 11.8. The van der Waals surface area contributed by atoms with Gasteiger partial charge in [0.05, 0.1) is 27.8 Å². The summed E-state index contributed by atoms with van der Waals surface area (Å²) in [4.78, 5) is 4.96. The van der Waals surface area contributed by atoms with E-state index in [1.807, 2.05) is 6.07 Å². The fourth-order valence-corrected chi connectivity index (χ4v) is 3.60. The highest BCUT2D eigenvalue weighted by Crippen LogP contribution is 2.32. The lowest BCUT2D eigenvalue weighted by Crippen LogP contribution is -1.95. The second-order valence-corrected chi connectivity index (χ2v) is 6.80. The molecule has 2 aromatic heterocycles. The summed E-state index contributed by atoms with van der Waals surface area (Å²) < 4.78 is 3.39. The van der Waals surface area contributed by atoms with Crippen LogP contribution >= 0.6 is 15.9 Å². The molecule has 0 spiro atoms. The first-order valence-corrected chi connectivity index (χ1v) is 8.65. The van der Waals surface area contributed by atoms with E-state index in [0.717, 1.165) is 32.3 Å². The van der Waals surface area contributed by atoms with Crippen molar-refractivity contribution >= 4 is 43.4 Å². The third-order valence-electron chi connectivity index (χ3n) is 4.43. The number of hydrogen-bond donors (Lipinski definition) is 0. The highest BCUT2D eigenvalue weighted by Gasteiger charge is 2.13. The third kappa shape index (κ3) is 1.98. The van der Waals surface area contributed by atoms with Gasteiger partial charge in [-0.15, -0.1) is 0 Å². The van der Waals surface area contributed by atoms with Crippen molar-refractivity contribution in [1.82, 2.24) is 9.38 Å². The number of rotatable bonds is 1. The Morgan fingerprint density at radius 3 is 2.25 bits per heavy atom. The van der Waals surface area contributed by atoms with Gasteiger partial charge in [0.1, 0.15) is 0 Å². The van der Waals surface area contributed by atoms with Crippen molar-refractivity contribution in [2.45, 2.75) is 0 Å². The van der Waals surface area contributed by atoms with Gasteiger partial charge in [-0.25, -0.2) is 4.98 Å². The zero-order valence-electron chi connectivity index (χ0n) is 12.8. The first-order valence-electron chi connectivity index (χ1n) is 7.86. The predicted molar refractivity (Wildman–Crippen MR) is 103 cm³/mol. The lowest BCUT2D eigenvalue weighted by molar-refractivity contribution is 1.27. The molecule has 0 saturated heterocycles. The van der Waals surface area contributed by atoms with Crippen LogP contribution in [0.5, 0.6) is 0 Å². The monoisotopic (exact) mass is 372 g/mol. The van der Waals surface area contributed by atoms with Crippen molar-refractivity contribution in [2.24, 2.45) is 0 Å². The molecule has 0 radical (unpaired) electrons. The molecular formula is C21H13BrN2. The first kappa shape index (κ1) is 13.8. The second-order valence-electron chi connectivity index (χ2n) is 5.88. The van der Waals surface area contributed by atoms with Crippen molar-refractivity contribution in [2.75, 3.05) is 0 Å². The Kier molecular flexibility index (Phi) is 2.97. The highest BCUT2D eigenvalue weighted by molar-refractivity contribution is 9.10. The second kappa shape index (κ2) is 5.18. The highest BCUT2D eigenvalue weighted by atomic mass is 79.9. The van der Waals surface area contributed by atoms with Crippen LogP contribution in [0.1, 0.15) is 0 Å². The van der Waals surface area contributed by atoms with Gasteiger partial charge < -0.3 is 4.40 Å². The van der Waals surface area contributed by atoms with Gasteiger partial charge in [0, 0.05) is 15.4 Å². The normalized spacial score (nSPS) is 11.5. The molecule has 2 heterocycles. The quantitative estimate of drug-likeness (QED) is 0.349. The van der Waals surface area contributed by atoms with Crippen LogP contribution < -0.4 is 0 Å². The molecule has 3 heteroatoms. The number of halogens is 1. The predicted octanol–water partition coefficient (Wildman–Crippen LogP) is 6.07. The molecule has 0 bridgehead atoms. The van der Waals surface area contributed by atoms with E-state index in [2.05, 4.69) is 93.1 Å². The maximum atomic E-state index is 4.96. The van der Waals surface area contributed by atoms with Crippen LogP contribution in [0.25, 0.3) is 38.7 Å². The van der Waals surface area contributed by atoms with Crippen molar-refractivity contribution in [1.29, 1.82) is 0 Å². The lowest BCUT2D eigenvalue weighted by Gasteiger charge is -2.09. The van der Waals surface area contributed by atoms with Crippen molar-refractivity contribution in [3.8, 4) is 11.3 Å². The number of benzene rings is 3. The van der Waals surface area contributed by atoms with E-state index in [1.165, 1.54) is 10.9 Å². The summed E-state index contributed by atoms with van der Waals surface area (Å²) in [5, 5.41) is 1.23. The van der Waals surface area contributed by atoms with Crippen LogP contribution in [0.15, 0.2) is 83.3 Å². The molecule has 0 aliphatic carbocycles. The minimum Gasteiger partial charge on any atom is -0.306 e. The number of aromatic nitrogens is 2. The molecule has 5 rings (SSSR count). The van der Waals surface area contributed by atoms with Crippen LogP contribution in [0, 0.1) is 0 Å². The van der Waals surface area contributed by atoms with Crippen LogP contribution in [-0.2, 0) is 0 Å². The molecule has 24 heavy (non-hydrogen) atoms. The zero-order chi connectivity index (χ0) is 16.1. The number of hydrogen-bond acceptors (Lipinski definition) is 1. The molecule has 0 saturated carbocycles. The average molecular weight is 373 g/mol. The van der Waals surface area contributed by atoms with Gasteiger partial charge in [0.25, 0.3) is 0 Å². The topological polar surface area (TPSA) is 17.3 Å². The molecule has 0 unspecified atom stereocenters. The van der Waals surface area contributed by atoms with Crippen LogP contribution in [0.3, 0.4) is 0 Å². The Hall–Kier alpha value is -2.65. The molecule has 0 fully saturated rings. The lowest BCUT2D eigenvalue weighted by atomic mass is 10.1. The SMILES string of the molecule is Brc1ccc(-c2nc3ccccc3n3c2cc2ccccc23)cc1. The van der Waals surface area contributed by atoms with Crippen molar-refractivity contribution in [3.05, 3.63) is 83.3 Å².